The normalized spacial score (nSPS) is 12.3. The number of hydrogen-bond donors (Lipinski definition) is 0. The number of hydrogen-bond acceptors (Lipinski definition) is 1. The molecule has 0 aliphatic heterocycles. The first-order valence-electron chi connectivity index (χ1n) is 4.55. The van der Waals surface area contributed by atoms with Crippen LogP contribution >= 0.6 is 0 Å². The molecule has 1 heterocycles. The summed E-state index contributed by atoms with van der Waals surface area (Å²) in [5.41, 5.74) is 1.14. The summed E-state index contributed by atoms with van der Waals surface area (Å²) in [5, 5.41) is 0. The van der Waals surface area contributed by atoms with Gasteiger partial charge in [0, 0.05) is 13.6 Å². The summed E-state index contributed by atoms with van der Waals surface area (Å²) in [7, 11) is 7.26. The summed E-state index contributed by atoms with van der Waals surface area (Å²) in [6.45, 7) is 0. The van der Waals surface area contributed by atoms with Crippen molar-refractivity contribution in [3.63, 3.8) is 0 Å². The fraction of sp³-hybridized carbons (Fsp3) is 0.0909. The summed E-state index contributed by atoms with van der Waals surface area (Å²) in [4.78, 5) is 0. The molecule has 2 aromatic rings. The van der Waals surface area contributed by atoms with Crippen molar-refractivity contribution in [1.29, 1.82) is 0 Å². The van der Waals surface area contributed by atoms with E-state index in [1.54, 1.807) is 13.4 Å². The lowest BCUT2D eigenvalue weighted by Gasteiger charge is -2.11. The first kappa shape index (κ1) is 9.20. The Bertz CT molecular complexity index is 369. The Morgan fingerprint density at radius 1 is 1.07 bits per heavy atom. The van der Waals surface area contributed by atoms with Crippen LogP contribution in [0.5, 0.6) is 0 Å². The maximum absolute atomic E-state index is 5.61. The van der Waals surface area contributed by atoms with Crippen molar-refractivity contribution in [3.05, 3.63) is 60.1 Å². The Hall–Kier alpha value is -1.37. The van der Waals surface area contributed by atoms with Gasteiger partial charge in [0.2, 0.25) is 0 Å². The topological polar surface area (TPSA) is 13.1 Å². The van der Waals surface area contributed by atoms with Crippen LogP contribution < -0.4 is 0 Å². The van der Waals surface area contributed by atoms with Crippen LogP contribution in [0.15, 0.2) is 53.1 Å². The van der Waals surface area contributed by atoms with Crippen molar-refractivity contribution < 1.29 is 4.42 Å². The van der Waals surface area contributed by atoms with Gasteiger partial charge in [0.25, 0.3) is 0 Å². The number of benzene rings is 1. The zero-order chi connectivity index (χ0) is 9.80. The second kappa shape index (κ2) is 4.23. The van der Waals surface area contributed by atoms with Crippen molar-refractivity contribution in [2.45, 2.75) is 5.82 Å². The van der Waals surface area contributed by atoms with Crippen LogP contribution in [-0.4, -0.2) is 14.9 Å². The first-order valence-corrected chi connectivity index (χ1v) is 4.55. The molecule has 1 unspecified atom stereocenters. The van der Waals surface area contributed by atoms with Gasteiger partial charge in [-0.2, -0.15) is 0 Å². The van der Waals surface area contributed by atoms with Crippen molar-refractivity contribution in [3.8, 4) is 0 Å². The molecule has 0 amide bonds. The maximum Gasteiger partial charge on any atom is 0.102 e. The molecule has 0 spiro atoms. The van der Waals surface area contributed by atoms with Crippen molar-refractivity contribution in [1.82, 2.24) is 0 Å². The predicted molar refractivity (Wildman–Crippen MR) is 58.5 cm³/mol. The monoisotopic (exact) mass is 179 g/mol. The van der Waals surface area contributed by atoms with Crippen molar-refractivity contribution in [2.24, 2.45) is 0 Å². The Morgan fingerprint density at radius 2 is 1.86 bits per heavy atom. The van der Waals surface area contributed by atoms with Gasteiger partial charge in [0.15, 0.2) is 0 Å². The molecular weight excluding hydrogens is 170 g/mol. The zero-order valence-corrected chi connectivity index (χ0v) is 7.76. The Kier molecular flexibility index (Phi) is 2.78. The fourth-order valence-corrected chi connectivity index (χ4v) is 1.50. The quantitative estimate of drug-likeness (QED) is 0.657. The number of rotatable bonds is 3. The standard InChI is InChI=1S/C11H9B2O/c12-13-11(10-7-4-8-14-10)9-5-2-1-3-6-9/h1-8,11H. The van der Waals surface area contributed by atoms with E-state index < -0.39 is 0 Å². The third-order valence-corrected chi connectivity index (χ3v) is 2.20. The van der Waals surface area contributed by atoms with Gasteiger partial charge in [0.05, 0.1) is 13.4 Å². The molecule has 0 N–H and O–H groups in total. The summed E-state index contributed by atoms with van der Waals surface area (Å²) >= 11 is 0. The van der Waals surface area contributed by atoms with Gasteiger partial charge < -0.3 is 4.42 Å². The Balaban J connectivity index is 2.31. The second-order valence-corrected chi connectivity index (χ2v) is 3.10. The van der Waals surface area contributed by atoms with E-state index in [1.807, 2.05) is 42.5 Å². The molecular formula is C11H9B2O. The Labute approximate surface area is 85.8 Å². The maximum atomic E-state index is 5.61. The van der Waals surface area contributed by atoms with E-state index in [1.165, 1.54) is 0 Å². The summed E-state index contributed by atoms with van der Waals surface area (Å²) in [6.07, 6.45) is 1.66. The predicted octanol–water partition coefficient (Wildman–Crippen LogP) is 2.16. The SMILES string of the molecule is [B][B]C(c1ccccc1)c1ccco1. The minimum atomic E-state index is 0.0474. The van der Waals surface area contributed by atoms with Gasteiger partial charge in [-0.3, -0.25) is 0 Å². The highest BCUT2D eigenvalue weighted by Gasteiger charge is 2.13. The van der Waals surface area contributed by atoms with Crippen molar-refractivity contribution in [2.75, 3.05) is 0 Å². The van der Waals surface area contributed by atoms with E-state index in [4.69, 9.17) is 12.2 Å². The van der Waals surface area contributed by atoms with Crippen molar-refractivity contribution >= 4 is 14.9 Å². The highest BCUT2D eigenvalue weighted by atomic mass is 16.3. The van der Waals surface area contributed by atoms with Crippen LogP contribution in [0.3, 0.4) is 0 Å². The highest BCUT2D eigenvalue weighted by molar-refractivity contribution is 6.90. The average molecular weight is 179 g/mol. The van der Waals surface area contributed by atoms with Gasteiger partial charge in [-0.15, -0.1) is 0 Å². The minimum absolute atomic E-state index is 0.0474. The van der Waals surface area contributed by atoms with E-state index in [0.717, 1.165) is 11.3 Å². The van der Waals surface area contributed by atoms with E-state index in [0.29, 0.717) is 0 Å². The third kappa shape index (κ3) is 1.77. The molecule has 0 aliphatic carbocycles. The van der Waals surface area contributed by atoms with Crippen LogP contribution in [0.1, 0.15) is 17.1 Å². The lowest BCUT2D eigenvalue weighted by molar-refractivity contribution is 0.516. The minimum Gasteiger partial charge on any atom is -0.470 e. The van der Waals surface area contributed by atoms with E-state index in [-0.39, 0.29) is 5.82 Å². The second-order valence-electron chi connectivity index (χ2n) is 3.10. The molecule has 1 aromatic carbocycles. The largest absolute Gasteiger partial charge is 0.470 e. The van der Waals surface area contributed by atoms with E-state index in [9.17, 15) is 0 Å². The molecule has 0 bridgehead atoms. The van der Waals surface area contributed by atoms with Gasteiger partial charge >= 0.3 is 0 Å². The van der Waals surface area contributed by atoms with Crippen LogP contribution in [0.2, 0.25) is 0 Å². The number of furan rings is 1. The van der Waals surface area contributed by atoms with Crippen LogP contribution in [0, 0.1) is 0 Å². The van der Waals surface area contributed by atoms with Crippen LogP contribution in [0.25, 0.3) is 0 Å². The highest BCUT2D eigenvalue weighted by Crippen LogP contribution is 2.22. The third-order valence-electron chi connectivity index (χ3n) is 2.20. The van der Waals surface area contributed by atoms with E-state index >= 15 is 0 Å². The molecule has 3 radical (unpaired) electrons. The van der Waals surface area contributed by atoms with Gasteiger partial charge in [-0.05, 0) is 17.7 Å². The van der Waals surface area contributed by atoms with Gasteiger partial charge in [-0.25, -0.2) is 0 Å². The summed E-state index contributed by atoms with van der Waals surface area (Å²) in [5.74, 6) is 0.921. The molecule has 0 aliphatic rings. The van der Waals surface area contributed by atoms with E-state index in [2.05, 4.69) is 0 Å². The van der Waals surface area contributed by atoms with Gasteiger partial charge in [0.1, 0.15) is 5.76 Å². The molecule has 1 aromatic heterocycles. The Morgan fingerprint density at radius 3 is 2.43 bits per heavy atom. The molecule has 1 atom stereocenters. The van der Waals surface area contributed by atoms with Gasteiger partial charge in [-0.1, -0.05) is 30.3 Å². The van der Waals surface area contributed by atoms with Crippen LogP contribution in [-0.2, 0) is 0 Å². The average Bonchev–Trinajstić information content (AvgIpc) is 2.74. The molecule has 2 rings (SSSR count). The zero-order valence-electron chi connectivity index (χ0n) is 7.76. The summed E-state index contributed by atoms with van der Waals surface area (Å²) in [6, 6.07) is 13.9. The lowest BCUT2D eigenvalue weighted by Crippen LogP contribution is -2.08. The molecule has 1 nitrogen and oxygen atoms in total. The molecule has 3 heteroatoms. The summed E-state index contributed by atoms with van der Waals surface area (Å²) < 4.78 is 5.33. The fourth-order valence-electron chi connectivity index (χ4n) is 1.50. The molecule has 0 saturated heterocycles. The molecule has 0 saturated carbocycles. The first-order chi connectivity index (χ1) is 6.92. The van der Waals surface area contributed by atoms with Crippen LogP contribution in [0.4, 0.5) is 0 Å². The molecule has 0 fully saturated rings. The smallest absolute Gasteiger partial charge is 0.102 e. The molecule has 14 heavy (non-hydrogen) atoms. The molecule has 65 valence electrons. The lowest BCUT2D eigenvalue weighted by atomic mass is 9.45.